The number of furan rings is 1. The molecule has 8 aromatic carbocycles. The van der Waals surface area contributed by atoms with Gasteiger partial charge in [-0.1, -0.05) is 146 Å². The number of para-hydroxylation sites is 1. The summed E-state index contributed by atoms with van der Waals surface area (Å²) in [5.74, 6) is 0. The van der Waals surface area contributed by atoms with Crippen molar-refractivity contribution in [3.8, 4) is 33.4 Å². The molecule has 0 amide bonds. The molecule has 0 spiro atoms. The van der Waals surface area contributed by atoms with Gasteiger partial charge in [-0.05, 0) is 106 Å². The standard InChI is InChI=1S/C50H35NO/c1-50(38-24-30-45-44-17-9-11-19-48(44)52-49(45)32-38)46-18-10-8-16-42(46)43-31-29-41(33-47(43)50)51(39-25-20-36(21-26-39)34-12-4-2-5-13-34)40-27-22-37(23-28-40)35-14-6-3-7-15-35/h2-33H,1H3. The quantitative estimate of drug-likeness (QED) is 0.176. The molecule has 1 unspecified atom stereocenters. The van der Waals surface area contributed by atoms with Crippen molar-refractivity contribution in [2.24, 2.45) is 0 Å². The predicted molar refractivity (Wildman–Crippen MR) is 217 cm³/mol. The van der Waals surface area contributed by atoms with Gasteiger partial charge in [0.05, 0.1) is 0 Å². The Morgan fingerprint density at radius 3 is 1.58 bits per heavy atom. The summed E-state index contributed by atoms with van der Waals surface area (Å²) in [5.41, 5.74) is 15.9. The Hall–Kier alpha value is -6.64. The maximum Gasteiger partial charge on any atom is 0.135 e. The monoisotopic (exact) mass is 665 g/mol. The predicted octanol–water partition coefficient (Wildman–Crippen LogP) is 13.7. The first-order valence-corrected chi connectivity index (χ1v) is 17.9. The second-order valence-electron chi connectivity index (χ2n) is 13.9. The molecule has 10 rings (SSSR count). The van der Waals surface area contributed by atoms with Gasteiger partial charge in [-0.2, -0.15) is 0 Å². The molecule has 0 N–H and O–H groups in total. The summed E-state index contributed by atoms with van der Waals surface area (Å²) in [5, 5.41) is 2.29. The normalized spacial score (nSPS) is 14.7. The summed E-state index contributed by atoms with van der Waals surface area (Å²) in [6, 6.07) is 70.0. The van der Waals surface area contributed by atoms with Crippen molar-refractivity contribution in [2.75, 3.05) is 4.90 Å². The van der Waals surface area contributed by atoms with Crippen molar-refractivity contribution in [1.29, 1.82) is 0 Å². The Kier molecular flexibility index (Phi) is 6.97. The molecule has 1 aliphatic rings. The Balaban J connectivity index is 1.13. The molecule has 0 saturated heterocycles. The van der Waals surface area contributed by atoms with Crippen LogP contribution in [0.5, 0.6) is 0 Å². The summed E-state index contributed by atoms with van der Waals surface area (Å²) >= 11 is 0. The molecule has 246 valence electrons. The van der Waals surface area contributed by atoms with Gasteiger partial charge in [0.25, 0.3) is 0 Å². The summed E-state index contributed by atoms with van der Waals surface area (Å²) in [6.45, 7) is 2.37. The number of nitrogens with zero attached hydrogens (tertiary/aromatic N) is 1. The molecule has 1 atom stereocenters. The van der Waals surface area contributed by atoms with E-state index in [1.807, 2.05) is 6.07 Å². The van der Waals surface area contributed by atoms with Crippen LogP contribution in [0.3, 0.4) is 0 Å². The lowest BCUT2D eigenvalue weighted by Gasteiger charge is -2.31. The molecule has 0 fully saturated rings. The number of hydrogen-bond acceptors (Lipinski definition) is 2. The van der Waals surface area contributed by atoms with Crippen LogP contribution in [0.25, 0.3) is 55.3 Å². The van der Waals surface area contributed by atoms with Crippen molar-refractivity contribution in [3.63, 3.8) is 0 Å². The Morgan fingerprint density at radius 2 is 0.904 bits per heavy atom. The maximum absolute atomic E-state index is 6.43. The van der Waals surface area contributed by atoms with Gasteiger partial charge in [-0.25, -0.2) is 0 Å². The third kappa shape index (κ3) is 4.80. The molecule has 1 aliphatic carbocycles. The van der Waals surface area contributed by atoms with Gasteiger partial charge in [0.2, 0.25) is 0 Å². The Morgan fingerprint density at radius 1 is 0.385 bits per heavy atom. The molecular formula is C50H35NO. The summed E-state index contributed by atoms with van der Waals surface area (Å²) in [4.78, 5) is 2.38. The molecule has 52 heavy (non-hydrogen) atoms. The number of benzene rings is 8. The lowest BCUT2D eigenvalue weighted by Crippen LogP contribution is -2.23. The number of fused-ring (bicyclic) bond motifs is 6. The van der Waals surface area contributed by atoms with Gasteiger partial charge in [-0.3, -0.25) is 0 Å². The van der Waals surface area contributed by atoms with Crippen LogP contribution in [0.15, 0.2) is 199 Å². The van der Waals surface area contributed by atoms with E-state index in [0.717, 1.165) is 39.0 Å². The number of anilines is 3. The van der Waals surface area contributed by atoms with Crippen LogP contribution in [-0.2, 0) is 5.41 Å². The van der Waals surface area contributed by atoms with E-state index in [1.54, 1.807) is 0 Å². The zero-order chi connectivity index (χ0) is 34.6. The van der Waals surface area contributed by atoms with E-state index >= 15 is 0 Å². The van der Waals surface area contributed by atoms with Crippen molar-refractivity contribution in [3.05, 3.63) is 211 Å². The molecule has 9 aromatic rings. The van der Waals surface area contributed by atoms with E-state index in [4.69, 9.17) is 4.42 Å². The van der Waals surface area contributed by atoms with Crippen LogP contribution in [-0.4, -0.2) is 0 Å². The van der Waals surface area contributed by atoms with E-state index in [0.29, 0.717) is 0 Å². The van der Waals surface area contributed by atoms with Crippen LogP contribution < -0.4 is 4.90 Å². The lowest BCUT2D eigenvalue weighted by molar-refractivity contribution is 0.662. The fourth-order valence-corrected chi connectivity index (χ4v) is 8.28. The van der Waals surface area contributed by atoms with Crippen LogP contribution >= 0.6 is 0 Å². The largest absolute Gasteiger partial charge is 0.456 e. The second-order valence-corrected chi connectivity index (χ2v) is 13.9. The molecule has 0 bridgehead atoms. The van der Waals surface area contributed by atoms with Crippen LogP contribution in [0.2, 0.25) is 0 Å². The van der Waals surface area contributed by atoms with E-state index in [-0.39, 0.29) is 0 Å². The fourth-order valence-electron chi connectivity index (χ4n) is 8.28. The van der Waals surface area contributed by atoms with E-state index < -0.39 is 5.41 Å². The molecule has 2 heteroatoms. The average Bonchev–Trinajstić information content (AvgIpc) is 3.72. The van der Waals surface area contributed by atoms with Gasteiger partial charge in [0, 0.05) is 33.2 Å². The third-order valence-corrected chi connectivity index (χ3v) is 11.0. The van der Waals surface area contributed by atoms with Gasteiger partial charge in [0.15, 0.2) is 0 Å². The number of hydrogen-bond donors (Lipinski definition) is 0. The Labute approximate surface area is 303 Å². The molecule has 1 heterocycles. The minimum Gasteiger partial charge on any atom is -0.456 e. The van der Waals surface area contributed by atoms with Crippen molar-refractivity contribution in [2.45, 2.75) is 12.3 Å². The summed E-state index contributed by atoms with van der Waals surface area (Å²) in [7, 11) is 0. The van der Waals surface area contributed by atoms with Crippen LogP contribution in [0.4, 0.5) is 17.1 Å². The van der Waals surface area contributed by atoms with Crippen LogP contribution in [0, 0.1) is 0 Å². The molecule has 0 saturated carbocycles. The van der Waals surface area contributed by atoms with E-state index in [1.165, 1.54) is 50.1 Å². The van der Waals surface area contributed by atoms with Gasteiger partial charge in [0.1, 0.15) is 11.2 Å². The van der Waals surface area contributed by atoms with Gasteiger partial charge < -0.3 is 9.32 Å². The summed E-state index contributed by atoms with van der Waals surface area (Å²) in [6.07, 6.45) is 0. The van der Waals surface area contributed by atoms with E-state index in [9.17, 15) is 0 Å². The number of rotatable bonds is 6. The average molecular weight is 666 g/mol. The first-order valence-electron chi connectivity index (χ1n) is 17.9. The third-order valence-electron chi connectivity index (χ3n) is 11.0. The zero-order valence-corrected chi connectivity index (χ0v) is 28.8. The highest BCUT2D eigenvalue weighted by molar-refractivity contribution is 6.05. The fraction of sp³-hybridized carbons (Fsp3) is 0.0400. The van der Waals surface area contributed by atoms with E-state index in [2.05, 4.69) is 200 Å². The first kappa shape index (κ1) is 30.2. The molecule has 0 aliphatic heterocycles. The smallest absolute Gasteiger partial charge is 0.135 e. The molecular weight excluding hydrogens is 631 g/mol. The minimum atomic E-state index is -0.394. The zero-order valence-electron chi connectivity index (χ0n) is 28.8. The lowest BCUT2D eigenvalue weighted by atomic mass is 9.74. The highest BCUT2D eigenvalue weighted by Gasteiger charge is 2.41. The van der Waals surface area contributed by atoms with Crippen molar-refractivity contribution in [1.82, 2.24) is 0 Å². The van der Waals surface area contributed by atoms with Gasteiger partial charge >= 0.3 is 0 Å². The summed E-state index contributed by atoms with van der Waals surface area (Å²) < 4.78 is 6.43. The van der Waals surface area contributed by atoms with Crippen LogP contribution in [0.1, 0.15) is 23.6 Å². The molecule has 0 radical (unpaired) electrons. The SMILES string of the molecule is CC1(c2ccc3c(c2)oc2ccccc23)c2ccccc2-c2ccc(N(c3ccc(-c4ccccc4)cc3)c3ccc(-c4ccccc4)cc3)cc21. The highest BCUT2D eigenvalue weighted by atomic mass is 16.3. The topological polar surface area (TPSA) is 16.4 Å². The maximum atomic E-state index is 6.43. The minimum absolute atomic E-state index is 0.394. The molecule has 2 nitrogen and oxygen atoms in total. The van der Waals surface area contributed by atoms with Crippen molar-refractivity contribution >= 4 is 39.0 Å². The second kappa shape index (κ2) is 12.0. The molecule has 1 aromatic heterocycles. The highest BCUT2D eigenvalue weighted by Crippen LogP contribution is 2.54. The Bertz CT molecular complexity index is 2640. The first-order chi connectivity index (χ1) is 25.6. The van der Waals surface area contributed by atoms with Crippen molar-refractivity contribution < 1.29 is 4.42 Å². The van der Waals surface area contributed by atoms with Gasteiger partial charge in [-0.15, -0.1) is 0 Å².